The van der Waals surface area contributed by atoms with E-state index < -0.39 is 5.97 Å². The molecule has 1 aromatic heterocycles. The van der Waals surface area contributed by atoms with Gasteiger partial charge in [0.25, 0.3) is 5.97 Å². The second-order valence-corrected chi connectivity index (χ2v) is 2.93. The van der Waals surface area contributed by atoms with Gasteiger partial charge in [-0.2, -0.15) is 6.07 Å². The van der Waals surface area contributed by atoms with Crippen LogP contribution in [0.1, 0.15) is 34.2 Å². The van der Waals surface area contributed by atoms with E-state index in [9.17, 15) is 4.79 Å². The van der Waals surface area contributed by atoms with E-state index in [1.807, 2.05) is 13.8 Å². The molecule has 3 nitrogen and oxygen atoms in total. The summed E-state index contributed by atoms with van der Waals surface area (Å²) in [6.45, 7) is 5.57. The molecule has 0 amide bonds. The number of aromatic carboxylic acids is 1. The van der Waals surface area contributed by atoms with Crippen LogP contribution in [-0.4, -0.2) is 16.1 Å². The maximum Gasteiger partial charge on any atom is 0.296 e. The summed E-state index contributed by atoms with van der Waals surface area (Å²) in [6.07, 6.45) is 0.649. The Bertz CT molecular complexity index is 350. The molecule has 73 valence electrons. The Balaban J connectivity index is 0.00000169. The van der Waals surface area contributed by atoms with E-state index in [0.717, 1.165) is 11.3 Å². The number of rotatable bonds is 2. The number of aryl methyl sites for hydroxylation is 3. The summed E-state index contributed by atoms with van der Waals surface area (Å²) in [6, 6.07) is 3.03. The molecule has 4 heteroatoms. The van der Waals surface area contributed by atoms with Gasteiger partial charge in [0.05, 0.1) is 0 Å². The van der Waals surface area contributed by atoms with Crippen molar-refractivity contribution < 1.29 is 42.6 Å². The summed E-state index contributed by atoms with van der Waals surface area (Å²) >= 11 is 0. The van der Waals surface area contributed by atoms with E-state index >= 15 is 0 Å². The van der Waals surface area contributed by atoms with Crippen molar-refractivity contribution in [3.63, 3.8) is 0 Å². The molecule has 0 saturated carbocycles. The Labute approximate surface area is 109 Å². The Morgan fingerprint density at radius 1 is 1.50 bits per heavy atom. The van der Waals surface area contributed by atoms with Gasteiger partial charge in [-0.3, -0.25) is 4.79 Å². The summed E-state index contributed by atoms with van der Waals surface area (Å²) in [5.74, 6) is -0.976. The van der Waals surface area contributed by atoms with E-state index in [1.54, 1.807) is 6.92 Å². The number of carboxylic acid groups (broad SMARTS) is 1. The first-order chi connectivity index (χ1) is 6.06. The molecule has 0 fully saturated rings. The standard InChI is InChI=1S/C10H12NO2.Y/c1-4-8-5-6(2)7(3)11-9(8)10(12)13;/h4H2,1-3H3,(H,12,13);/q-1;. The fourth-order valence-electron chi connectivity index (χ4n) is 1.13. The van der Waals surface area contributed by atoms with Crippen molar-refractivity contribution in [1.29, 1.82) is 0 Å². The molecule has 0 unspecified atom stereocenters. The molecule has 1 aromatic rings. The second-order valence-electron chi connectivity index (χ2n) is 2.93. The molecular weight excluding hydrogens is 255 g/mol. The van der Waals surface area contributed by atoms with Gasteiger partial charge in [-0.25, -0.2) is 0 Å². The molecule has 0 saturated heterocycles. The number of pyridine rings is 1. The van der Waals surface area contributed by atoms with Crippen molar-refractivity contribution in [2.75, 3.05) is 0 Å². The van der Waals surface area contributed by atoms with Gasteiger partial charge in [0.2, 0.25) is 0 Å². The number of carbonyl (C=O) groups is 1. The predicted octanol–water partition coefficient (Wildman–Crippen LogP) is 1.76. The number of aromatic nitrogens is 1. The van der Waals surface area contributed by atoms with E-state index in [0.29, 0.717) is 12.0 Å². The smallest absolute Gasteiger partial charge is 0.296 e. The minimum absolute atomic E-state index is 0. The van der Waals surface area contributed by atoms with E-state index in [1.165, 1.54) is 0 Å². The van der Waals surface area contributed by atoms with Crippen molar-refractivity contribution in [3.8, 4) is 0 Å². The van der Waals surface area contributed by atoms with Crippen molar-refractivity contribution in [1.82, 2.24) is 4.98 Å². The summed E-state index contributed by atoms with van der Waals surface area (Å²) < 4.78 is 0. The van der Waals surface area contributed by atoms with Crippen molar-refractivity contribution in [3.05, 3.63) is 28.6 Å². The normalized spacial score (nSPS) is 9.36. The molecule has 0 aliphatic heterocycles. The first kappa shape index (κ1) is 13.7. The SMILES string of the molecule is CCc1[c-]c(C)c(C)nc1C(=O)O.[Y]. The fourth-order valence-corrected chi connectivity index (χ4v) is 1.13. The van der Waals surface area contributed by atoms with Gasteiger partial charge < -0.3 is 10.1 Å². The van der Waals surface area contributed by atoms with Gasteiger partial charge in [-0.05, 0) is 0 Å². The summed E-state index contributed by atoms with van der Waals surface area (Å²) in [4.78, 5) is 14.8. The molecule has 0 spiro atoms. The number of hydrogen-bond acceptors (Lipinski definition) is 2. The molecule has 0 aliphatic rings. The fraction of sp³-hybridized carbons (Fsp3) is 0.400. The van der Waals surface area contributed by atoms with E-state index in [4.69, 9.17) is 5.11 Å². The first-order valence-corrected chi connectivity index (χ1v) is 4.19. The van der Waals surface area contributed by atoms with Gasteiger partial charge in [0, 0.05) is 38.4 Å². The van der Waals surface area contributed by atoms with Crippen LogP contribution < -0.4 is 0 Å². The zero-order chi connectivity index (χ0) is 10.0. The molecule has 0 aliphatic carbocycles. The minimum Gasteiger partial charge on any atom is -0.486 e. The molecule has 1 heterocycles. The molecule has 0 atom stereocenters. The first-order valence-electron chi connectivity index (χ1n) is 4.19. The third-order valence-corrected chi connectivity index (χ3v) is 2.00. The van der Waals surface area contributed by atoms with Crippen LogP contribution in [0.5, 0.6) is 0 Å². The van der Waals surface area contributed by atoms with Gasteiger partial charge in [-0.1, -0.05) is 32.9 Å². The Hall–Kier alpha value is -0.276. The van der Waals surface area contributed by atoms with Crippen molar-refractivity contribution >= 4 is 5.97 Å². The number of hydrogen-bond donors (Lipinski definition) is 1. The monoisotopic (exact) mass is 267 g/mol. The van der Waals surface area contributed by atoms with Gasteiger partial charge in [-0.15, -0.1) is 11.1 Å². The third kappa shape index (κ3) is 2.86. The van der Waals surface area contributed by atoms with Crippen LogP contribution in [0.2, 0.25) is 0 Å². The zero-order valence-electron chi connectivity index (χ0n) is 8.59. The van der Waals surface area contributed by atoms with Crippen LogP contribution in [0.4, 0.5) is 0 Å². The summed E-state index contributed by atoms with van der Waals surface area (Å²) in [7, 11) is 0. The van der Waals surface area contributed by atoms with Crippen LogP contribution in [0.15, 0.2) is 0 Å². The van der Waals surface area contributed by atoms with E-state index in [2.05, 4.69) is 11.1 Å². The largest absolute Gasteiger partial charge is 0.486 e. The van der Waals surface area contributed by atoms with E-state index in [-0.39, 0.29) is 38.4 Å². The summed E-state index contributed by atoms with van der Waals surface area (Å²) in [5, 5.41) is 8.83. The van der Waals surface area contributed by atoms with Gasteiger partial charge >= 0.3 is 0 Å². The Kier molecular flexibility index (Phi) is 5.46. The van der Waals surface area contributed by atoms with Gasteiger partial charge in [0.15, 0.2) is 0 Å². The predicted molar refractivity (Wildman–Crippen MR) is 48.9 cm³/mol. The maximum absolute atomic E-state index is 10.8. The van der Waals surface area contributed by atoms with Gasteiger partial charge in [0.1, 0.15) is 0 Å². The third-order valence-electron chi connectivity index (χ3n) is 2.00. The maximum atomic E-state index is 10.8. The van der Waals surface area contributed by atoms with Crippen molar-refractivity contribution in [2.45, 2.75) is 27.2 Å². The number of carboxylic acids is 1. The zero-order valence-corrected chi connectivity index (χ0v) is 11.4. The molecule has 0 bridgehead atoms. The van der Waals surface area contributed by atoms with Crippen LogP contribution >= 0.6 is 0 Å². The number of nitrogens with zero attached hydrogens (tertiary/aromatic N) is 1. The Morgan fingerprint density at radius 3 is 2.50 bits per heavy atom. The molecular formula is C10H12NO2Y-. The van der Waals surface area contributed by atoms with Crippen LogP contribution in [0, 0.1) is 19.9 Å². The van der Waals surface area contributed by atoms with Crippen LogP contribution in [0.3, 0.4) is 0 Å². The molecule has 1 rings (SSSR count). The van der Waals surface area contributed by atoms with Crippen LogP contribution in [0.25, 0.3) is 0 Å². The molecule has 1 N–H and O–H groups in total. The molecule has 1 radical (unpaired) electrons. The summed E-state index contributed by atoms with van der Waals surface area (Å²) in [5.41, 5.74) is 2.46. The minimum atomic E-state index is -0.976. The molecule has 0 aromatic carbocycles. The van der Waals surface area contributed by atoms with Crippen molar-refractivity contribution in [2.24, 2.45) is 0 Å². The topological polar surface area (TPSA) is 50.2 Å². The Morgan fingerprint density at radius 2 is 2.07 bits per heavy atom. The quantitative estimate of drug-likeness (QED) is 0.830. The average molecular weight is 267 g/mol. The average Bonchev–Trinajstić information content (AvgIpc) is 2.08. The molecule has 14 heavy (non-hydrogen) atoms. The van der Waals surface area contributed by atoms with Crippen LogP contribution in [-0.2, 0) is 39.1 Å². The second kappa shape index (κ2) is 5.57.